The maximum Gasteiger partial charge on any atom is 0.193 e. The van der Waals surface area contributed by atoms with Gasteiger partial charge in [-0.25, -0.2) is 0 Å². The number of hydrogen-bond acceptors (Lipinski definition) is 3. The normalized spacial score (nSPS) is 23.5. The maximum absolute atomic E-state index is 5.94. The first-order valence-electron chi connectivity index (χ1n) is 10.5. The lowest BCUT2D eigenvalue weighted by Crippen LogP contribution is -2.45. The van der Waals surface area contributed by atoms with E-state index in [0.717, 1.165) is 44.7 Å². The van der Waals surface area contributed by atoms with Gasteiger partial charge in [-0.3, -0.25) is 4.99 Å². The van der Waals surface area contributed by atoms with Crippen LogP contribution in [0.15, 0.2) is 35.3 Å². The van der Waals surface area contributed by atoms with Crippen LogP contribution in [0.1, 0.15) is 31.7 Å². The zero-order valence-corrected chi connectivity index (χ0v) is 19.8. The molecule has 0 amide bonds. The third-order valence-electron chi connectivity index (χ3n) is 5.71. The molecule has 2 heterocycles. The molecule has 158 valence electrons. The van der Waals surface area contributed by atoms with Crippen molar-refractivity contribution in [2.75, 3.05) is 52.9 Å². The third-order valence-corrected chi connectivity index (χ3v) is 5.71. The molecule has 0 aromatic heterocycles. The Morgan fingerprint density at radius 1 is 1.18 bits per heavy atom. The van der Waals surface area contributed by atoms with Gasteiger partial charge in [-0.2, -0.15) is 0 Å². The Kier molecular flexibility index (Phi) is 10.6. The van der Waals surface area contributed by atoms with Gasteiger partial charge in [0.25, 0.3) is 0 Å². The average molecular weight is 500 g/mol. The first kappa shape index (κ1) is 23.4. The summed E-state index contributed by atoms with van der Waals surface area (Å²) in [4.78, 5) is 9.47. The molecule has 1 aromatic rings. The van der Waals surface area contributed by atoms with Crippen molar-refractivity contribution in [1.82, 2.24) is 15.1 Å². The molecule has 2 saturated heterocycles. The smallest absolute Gasteiger partial charge is 0.193 e. The summed E-state index contributed by atoms with van der Waals surface area (Å²) in [6.07, 6.45) is 3.90. The molecule has 5 nitrogen and oxygen atoms in total. The zero-order chi connectivity index (χ0) is 18.9. The summed E-state index contributed by atoms with van der Waals surface area (Å²) < 4.78 is 5.94. The second-order valence-electron chi connectivity index (χ2n) is 8.12. The van der Waals surface area contributed by atoms with Crippen LogP contribution in [-0.2, 0) is 11.3 Å². The van der Waals surface area contributed by atoms with E-state index in [1.165, 1.54) is 37.9 Å². The Morgan fingerprint density at radius 3 is 2.75 bits per heavy atom. The van der Waals surface area contributed by atoms with Crippen molar-refractivity contribution in [3.63, 3.8) is 0 Å². The lowest BCUT2D eigenvalue weighted by molar-refractivity contribution is 0.0906. The van der Waals surface area contributed by atoms with E-state index in [4.69, 9.17) is 4.74 Å². The number of guanidine groups is 1. The van der Waals surface area contributed by atoms with Gasteiger partial charge in [0.1, 0.15) is 0 Å². The average Bonchev–Trinajstić information content (AvgIpc) is 3.15. The summed E-state index contributed by atoms with van der Waals surface area (Å²) in [6.45, 7) is 10.6. The summed E-state index contributed by atoms with van der Waals surface area (Å²) in [7, 11) is 1.89. The monoisotopic (exact) mass is 500 g/mol. The van der Waals surface area contributed by atoms with E-state index >= 15 is 0 Å². The highest BCUT2D eigenvalue weighted by atomic mass is 127. The van der Waals surface area contributed by atoms with Gasteiger partial charge in [0.2, 0.25) is 0 Å². The van der Waals surface area contributed by atoms with E-state index in [-0.39, 0.29) is 24.0 Å². The van der Waals surface area contributed by atoms with Crippen molar-refractivity contribution < 1.29 is 4.74 Å². The fourth-order valence-corrected chi connectivity index (χ4v) is 4.23. The van der Waals surface area contributed by atoms with Crippen LogP contribution in [0.5, 0.6) is 0 Å². The topological polar surface area (TPSA) is 40.1 Å². The van der Waals surface area contributed by atoms with Crippen molar-refractivity contribution >= 4 is 29.9 Å². The lowest BCUT2D eigenvalue weighted by atomic mass is 10.0. The fraction of sp³-hybridized carbons (Fsp3) is 0.682. The summed E-state index contributed by atoms with van der Waals surface area (Å²) in [6, 6.07) is 10.4. The van der Waals surface area contributed by atoms with Gasteiger partial charge in [-0.1, -0.05) is 37.3 Å². The fourth-order valence-electron chi connectivity index (χ4n) is 4.23. The molecule has 0 saturated carbocycles. The number of ether oxygens (including phenoxy) is 1. The van der Waals surface area contributed by atoms with Crippen LogP contribution in [0, 0.1) is 11.8 Å². The molecule has 2 atom stereocenters. The molecule has 2 fully saturated rings. The highest BCUT2D eigenvalue weighted by Gasteiger charge is 2.25. The van der Waals surface area contributed by atoms with Crippen molar-refractivity contribution in [3.8, 4) is 0 Å². The Labute approximate surface area is 187 Å². The van der Waals surface area contributed by atoms with Crippen LogP contribution in [0.25, 0.3) is 0 Å². The molecule has 0 bridgehead atoms. The van der Waals surface area contributed by atoms with E-state index in [9.17, 15) is 0 Å². The Balaban J connectivity index is 0.00000280. The molecule has 0 aliphatic carbocycles. The first-order valence-corrected chi connectivity index (χ1v) is 10.5. The minimum atomic E-state index is 0. The molecule has 1 N–H and O–H groups in total. The van der Waals surface area contributed by atoms with Crippen molar-refractivity contribution in [3.05, 3.63) is 35.9 Å². The molecule has 6 heteroatoms. The molecule has 2 aliphatic heterocycles. The predicted molar refractivity (Wildman–Crippen MR) is 127 cm³/mol. The minimum Gasteiger partial charge on any atom is -0.376 e. The lowest BCUT2D eigenvalue weighted by Gasteiger charge is -2.31. The second-order valence-corrected chi connectivity index (χ2v) is 8.12. The van der Waals surface area contributed by atoms with Crippen molar-refractivity contribution in [2.24, 2.45) is 16.8 Å². The van der Waals surface area contributed by atoms with Gasteiger partial charge in [0.05, 0.1) is 13.2 Å². The van der Waals surface area contributed by atoms with E-state index in [2.05, 4.69) is 51.3 Å². The van der Waals surface area contributed by atoms with Gasteiger partial charge in [-0.05, 0) is 37.3 Å². The number of piperidine rings is 1. The Morgan fingerprint density at radius 2 is 2.00 bits per heavy atom. The van der Waals surface area contributed by atoms with Crippen LogP contribution >= 0.6 is 24.0 Å². The number of nitrogens with zero attached hydrogens (tertiary/aromatic N) is 3. The van der Waals surface area contributed by atoms with Gasteiger partial charge in [0, 0.05) is 45.7 Å². The largest absolute Gasteiger partial charge is 0.376 e. The number of nitrogens with one attached hydrogen (secondary N) is 1. The van der Waals surface area contributed by atoms with Crippen LogP contribution < -0.4 is 5.32 Å². The van der Waals surface area contributed by atoms with E-state index < -0.39 is 0 Å². The van der Waals surface area contributed by atoms with E-state index in [0.29, 0.717) is 12.5 Å². The summed E-state index contributed by atoms with van der Waals surface area (Å²) in [5, 5.41) is 3.57. The molecule has 2 unspecified atom stereocenters. The van der Waals surface area contributed by atoms with Crippen LogP contribution in [0.3, 0.4) is 0 Å². The minimum absolute atomic E-state index is 0. The zero-order valence-electron chi connectivity index (χ0n) is 17.5. The molecular weight excluding hydrogens is 463 g/mol. The van der Waals surface area contributed by atoms with Crippen LogP contribution in [-0.4, -0.2) is 68.7 Å². The number of hydrogen-bond donors (Lipinski definition) is 1. The van der Waals surface area contributed by atoms with Gasteiger partial charge in [0.15, 0.2) is 5.96 Å². The highest BCUT2D eigenvalue weighted by Crippen LogP contribution is 2.18. The summed E-state index contributed by atoms with van der Waals surface area (Å²) in [5.41, 5.74) is 1.25. The SMILES string of the molecule is CN=C(NCCN1CCCC(C)C1)N1CCC(COCc2ccccc2)C1.I. The van der Waals surface area contributed by atoms with Crippen LogP contribution in [0.2, 0.25) is 0 Å². The molecule has 0 spiro atoms. The maximum atomic E-state index is 5.94. The molecular formula is C22H37IN4O. The number of likely N-dealkylation sites (tertiary alicyclic amines) is 2. The van der Waals surface area contributed by atoms with Crippen molar-refractivity contribution in [2.45, 2.75) is 32.8 Å². The summed E-state index contributed by atoms with van der Waals surface area (Å²) in [5.74, 6) is 2.48. The van der Waals surface area contributed by atoms with E-state index in [1.807, 2.05) is 13.1 Å². The van der Waals surface area contributed by atoms with Gasteiger partial charge in [-0.15, -0.1) is 24.0 Å². The number of halogens is 1. The quantitative estimate of drug-likeness (QED) is 0.354. The molecule has 28 heavy (non-hydrogen) atoms. The van der Waals surface area contributed by atoms with Gasteiger partial charge < -0.3 is 19.9 Å². The highest BCUT2D eigenvalue weighted by molar-refractivity contribution is 14.0. The second kappa shape index (κ2) is 12.6. The Bertz CT molecular complexity index is 583. The predicted octanol–water partition coefficient (Wildman–Crippen LogP) is 3.45. The summed E-state index contributed by atoms with van der Waals surface area (Å²) >= 11 is 0. The van der Waals surface area contributed by atoms with Crippen LogP contribution in [0.4, 0.5) is 0 Å². The first-order chi connectivity index (χ1) is 13.2. The van der Waals surface area contributed by atoms with Gasteiger partial charge >= 0.3 is 0 Å². The molecule has 0 radical (unpaired) electrons. The van der Waals surface area contributed by atoms with E-state index in [1.54, 1.807) is 0 Å². The molecule has 2 aliphatic rings. The number of aliphatic imine (C=N–C) groups is 1. The number of rotatable bonds is 7. The molecule has 3 rings (SSSR count). The number of benzene rings is 1. The van der Waals surface area contributed by atoms with Crippen molar-refractivity contribution in [1.29, 1.82) is 0 Å². The standard InChI is InChI=1S/C22H36N4O.HI/c1-19-7-6-12-25(15-19)14-11-24-22(23-2)26-13-10-21(16-26)18-27-17-20-8-4-3-5-9-20;/h3-5,8-9,19,21H,6-7,10-18H2,1-2H3,(H,23,24);1H. The Hall–Kier alpha value is -0.860. The third kappa shape index (κ3) is 7.52. The molecule has 1 aromatic carbocycles.